The average molecular weight is 376 g/mol. The molecule has 12 heteroatoms. The highest BCUT2D eigenvalue weighted by molar-refractivity contribution is 5.95. The number of hydrogen-bond acceptors (Lipinski definition) is 8. The molecule has 27 heavy (non-hydrogen) atoms. The predicted octanol–water partition coefficient (Wildman–Crippen LogP) is 0.267. The van der Waals surface area contributed by atoms with Crippen LogP contribution in [0.1, 0.15) is 0 Å². The first-order valence-corrected chi connectivity index (χ1v) is 7.87. The Bertz CT molecular complexity index is 928. The number of hydrogen-bond donors (Lipinski definition) is 3. The van der Waals surface area contributed by atoms with Crippen LogP contribution in [0.3, 0.4) is 0 Å². The topological polar surface area (TPSA) is 162 Å². The third-order valence-electron chi connectivity index (χ3n) is 4.25. The molecule has 0 radical (unpaired) electrons. The number of carboxylic acid groups (broad SMARTS) is 1. The lowest BCUT2D eigenvalue weighted by molar-refractivity contribution is -0.384. The maximum Gasteiger partial charge on any atom is 0.407 e. The molecule has 1 aliphatic heterocycles. The zero-order chi connectivity index (χ0) is 19.7. The second-order valence-electron chi connectivity index (χ2n) is 5.98. The summed E-state index contributed by atoms with van der Waals surface area (Å²) in [6.07, 6.45) is -1.05. The van der Waals surface area contributed by atoms with Crippen molar-refractivity contribution in [1.82, 2.24) is 14.9 Å². The van der Waals surface area contributed by atoms with Crippen molar-refractivity contribution in [2.75, 3.05) is 37.0 Å². The van der Waals surface area contributed by atoms with Gasteiger partial charge in [0.1, 0.15) is 6.61 Å². The number of nitro benzene ring substituents is 1. The number of amides is 2. The third-order valence-corrected chi connectivity index (χ3v) is 4.25. The maximum absolute atomic E-state index is 11.6. The van der Waals surface area contributed by atoms with Crippen LogP contribution >= 0.6 is 0 Å². The smallest absolute Gasteiger partial charge is 0.407 e. The van der Waals surface area contributed by atoms with Gasteiger partial charge in [-0.1, -0.05) is 0 Å². The Morgan fingerprint density at radius 1 is 1.37 bits per heavy atom. The standard InChI is InChI=1S/C15H16N6O6/c1-19(15(24)25)9-5-20(6-9)14-13(18-12(23)7-22)16-11-4-8(21(26)27)2-3-10(11)17-14/h2-4,9,22H,5-7H2,1H3,(H,24,25)(H,16,18,23). The summed E-state index contributed by atoms with van der Waals surface area (Å²) >= 11 is 0. The summed E-state index contributed by atoms with van der Waals surface area (Å²) in [4.78, 5) is 44.5. The molecule has 12 nitrogen and oxygen atoms in total. The Kier molecular flexibility index (Phi) is 4.73. The zero-order valence-electron chi connectivity index (χ0n) is 14.2. The number of anilines is 2. The van der Waals surface area contributed by atoms with E-state index in [0.29, 0.717) is 24.4 Å². The summed E-state index contributed by atoms with van der Waals surface area (Å²) in [7, 11) is 1.46. The van der Waals surface area contributed by atoms with Crippen LogP contribution in [0.5, 0.6) is 0 Å². The molecule has 1 fully saturated rings. The Balaban J connectivity index is 1.96. The molecule has 1 aromatic carbocycles. The number of aliphatic hydroxyl groups is 1. The molecule has 2 heterocycles. The van der Waals surface area contributed by atoms with Crippen molar-refractivity contribution in [2.45, 2.75) is 6.04 Å². The van der Waals surface area contributed by atoms with Crippen LogP contribution in [0.2, 0.25) is 0 Å². The second-order valence-corrected chi connectivity index (χ2v) is 5.98. The van der Waals surface area contributed by atoms with E-state index in [1.165, 1.54) is 30.1 Å². The van der Waals surface area contributed by atoms with E-state index in [-0.39, 0.29) is 23.1 Å². The fourth-order valence-corrected chi connectivity index (χ4v) is 2.65. The average Bonchev–Trinajstić information content (AvgIpc) is 2.59. The fraction of sp³-hybridized carbons (Fsp3) is 0.333. The number of likely N-dealkylation sites (N-methyl/N-ethyl adjacent to an activating group) is 1. The zero-order valence-corrected chi connectivity index (χ0v) is 14.2. The SMILES string of the molecule is CN(C(=O)O)C1CN(c2nc3ccc([N+](=O)[O-])cc3nc2NC(=O)CO)C1. The number of nitrogens with one attached hydrogen (secondary N) is 1. The van der Waals surface area contributed by atoms with Crippen LogP contribution in [0.4, 0.5) is 22.1 Å². The van der Waals surface area contributed by atoms with Gasteiger partial charge in [-0.25, -0.2) is 14.8 Å². The summed E-state index contributed by atoms with van der Waals surface area (Å²) in [5, 5.41) is 31.3. The van der Waals surface area contributed by atoms with E-state index in [4.69, 9.17) is 10.2 Å². The van der Waals surface area contributed by atoms with Crippen molar-refractivity contribution in [2.24, 2.45) is 0 Å². The first-order valence-electron chi connectivity index (χ1n) is 7.87. The minimum atomic E-state index is -1.05. The van der Waals surface area contributed by atoms with Gasteiger partial charge in [-0.05, 0) is 6.07 Å². The van der Waals surface area contributed by atoms with E-state index >= 15 is 0 Å². The van der Waals surface area contributed by atoms with Crippen LogP contribution in [0, 0.1) is 10.1 Å². The molecule has 1 aliphatic rings. The van der Waals surface area contributed by atoms with Crippen molar-refractivity contribution in [3.63, 3.8) is 0 Å². The molecule has 0 saturated carbocycles. The Morgan fingerprint density at radius 3 is 2.67 bits per heavy atom. The second kappa shape index (κ2) is 6.99. The van der Waals surface area contributed by atoms with Crippen molar-refractivity contribution in [1.29, 1.82) is 0 Å². The molecule has 0 atom stereocenters. The minimum Gasteiger partial charge on any atom is -0.465 e. The van der Waals surface area contributed by atoms with Gasteiger partial charge >= 0.3 is 6.09 Å². The normalized spacial score (nSPS) is 13.9. The minimum absolute atomic E-state index is 0.0403. The summed E-state index contributed by atoms with van der Waals surface area (Å²) in [6.45, 7) is -0.0750. The Labute approximate surface area is 152 Å². The summed E-state index contributed by atoms with van der Waals surface area (Å²) in [5.41, 5.74) is 0.421. The number of fused-ring (bicyclic) bond motifs is 1. The molecular formula is C15H16N6O6. The lowest BCUT2D eigenvalue weighted by Gasteiger charge is -2.43. The van der Waals surface area contributed by atoms with Gasteiger partial charge in [0.25, 0.3) is 11.6 Å². The highest BCUT2D eigenvalue weighted by Gasteiger charge is 2.35. The van der Waals surface area contributed by atoms with E-state index in [9.17, 15) is 19.7 Å². The van der Waals surface area contributed by atoms with Crippen LogP contribution in [-0.4, -0.2) is 74.8 Å². The lowest BCUT2D eigenvalue weighted by atomic mass is 10.1. The molecule has 0 aliphatic carbocycles. The number of carbonyl (C=O) groups is 2. The van der Waals surface area contributed by atoms with Crippen LogP contribution in [0.25, 0.3) is 11.0 Å². The van der Waals surface area contributed by atoms with E-state index < -0.39 is 23.5 Å². The number of carbonyl (C=O) groups excluding carboxylic acids is 1. The van der Waals surface area contributed by atoms with Crippen LogP contribution < -0.4 is 10.2 Å². The summed E-state index contributed by atoms with van der Waals surface area (Å²) in [6, 6.07) is 3.74. The first kappa shape index (κ1) is 18.3. The van der Waals surface area contributed by atoms with Crippen LogP contribution in [-0.2, 0) is 4.79 Å². The predicted molar refractivity (Wildman–Crippen MR) is 93.7 cm³/mol. The number of nitro groups is 1. The van der Waals surface area contributed by atoms with Gasteiger partial charge in [-0.3, -0.25) is 14.9 Å². The largest absolute Gasteiger partial charge is 0.465 e. The molecule has 0 spiro atoms. The van der Waals surface area contributed by atoms with Gasteiger partial charge < -0.3 is 25.3 Å². The molecule has 2 aromatic rings. The van der Waals surface area contributed by atoms with Gasteiger partial charge in [0, 0.05) is 32.3 Å². The lowest BCUT2D eigenvalue weighted by Crippen LogP contribution is -2.60. The van der Waals surface area contributed by atoms with E-state index in [1.807, 2.05) is 0 Å². The quantitative estimate of drug-likeness (QED) is 0.491. The van der Waals surface area contributed by atoms with E-state index in [0.717, 1.165) is 0 Å². The number of non-ortho nitro benzene ring substituents is 1. The number of rotatable bonds is 5. The van der Waals surface area contributed by atoms with Crippen LogP contribution in [0.15, 0.2) is 18.2 Å². The summed E-state index contributed by atoms with van der Waals surface area (Å²) in [5.74, 6) is -0.373. The molecule has 0 unspecified atom stereocenters. The number of aromatic nitrogens is 2. The van der Waals surface area contributed by atoms with Crippen molar-refractivity contribution >= 4 is 40.4 Å². The van der Waals surface area contributed by atoms with Gasteiger partial charge in [0.15, 0.2) is 11.6 Å². The molecule has 1 aromatic heterocycles. The van der Waals surface area contributed by atoms with Crippen molar-refractivity contribution in [3.05, 3.63) is 28.3 Å². The molecule has 1 saturated heterocycles. The van der Waals surface area contributed by atoms with E-state index in [2.05, 4.69) is 15.3 Å². The molecule has 3 rings (SSSR count). The van der Waals surface area contributed by atoms with Gasteiger partial charge in [0.05, 0.1) is 22.0 Å². The van der Waals surface area contributed by atoms with Crippen molar-refractivity contribution < 1.29 is 24.7 Å². The fourth-order valence-electron chi connectivity index (χ4n) is 2.65. The number of benzene rings is 1. The van der Waals surface area contributed by atoms with Gasteiger partial charge in [0.2, 0.25) is 0 Å². The highest BCUT2D eigenvalue weighted by atomic mass is 16.6. The van der Waals surface area contributed by atoms with Crippen molar-refractivity contribution in [3.8, 4) is 0 Å². The van der Waals surface area contributed by atoms with Gasteiger partial charge in [-0.2, -0.15) is 0 Å². The molecule has 142 valence electrons. The highest BCUT2D eigenvalue weighted by Crippen LogP contribution is 2.30. The molecule has 3 N–H and O–H groups in total. The summed E-state index contributed by atoms with van der Waals surface area (Å²) < 4.78 is 0. The van der Waals surface area contributed by atoms with E-state index in [1.54, 1.807) is 4.90 Å². The molecule has 2 amide bonds. The third kappa shape index (κ3) is 3.55. The Morgan fingerprint density at radius 2 is 2.07 bits per heavy atom. The first-order chi connectivity index (χ1) is 12.8. The molecule has 0 bridgehead atoms. The Hall–Kier alpha value is -3.54. The molecular weight excluding hydrogens is 360 g/mol. The number of aliphatic hydroxyl groups excluding tert-OH is 1. The number of nitrogens with zero attached hydrogens (tertiary/aromatic N) is 5. The van der Waals surface area contributed by atoms with Gasteiger partial charge in [-0.15, -0.1) is 0 Å². The maximum atomic E-state index is 11.6. The monoisotopic (exact) mass is 376 g/mol.